The minimum atomic E-state index is -0.658. The normalized spacial score (nSPS) is 16.5. The summed E-state index contributed by atoms with van der Waals surface area (Å²) >= 11 is 0. The molecule has 3 rings (SSSR count). The van der Waals surface area contributed by atoms with Crippen LogP contribution >= 0.6 is 0 Å². The fourth-order valence-electron chi connectivity index (χ4n) is 3.10. The van der Waals surface area contributed by atoms with Crippen molar-refractivity contribution in [3.05, 3.63) is 48.4 Å². The van der Waals surface area contributed by atoms with Crippen LogP contribution in [0.5, 0.6) is 11.5 Å². The fraction of sp³-hybridized carbons (Fsp3) is 0.429. The Balaban J connectivity index is 1.66. The zero-order chi connectivity index (χ0) is 20.1. The summed E-state index contributed by atoms with van der Waals surface area (Å²) < 4.78 is 16.8. The highest BCUT2D eigenvalue weighted by molar-refractivity contribution is 5.95. The fourth-order valence-corrected chi connectivity index (χ4v) is 3.10. The maximum atomic E-state index is 13.1. The third-order valence-electron chi connectivity index (χ3n) is 4.65. The molecule has 0 saturated carbocycles. The first-order valence-corrected chi connectivity index (χ1v) is 9.51. The predicted octanol–water partition coefficient (Wildman–Crippen LogP) is 2.72. The van der Waals surface area contributed by atoms with E-state index in [4.69, 9.17) is 13.9 Å². The molecule has 1 aromatic heterocycles. The molecular formula is C21H26N2O5. The number of likely N-dealkylation sites (N-methyl/N-ethyl adjacent to an activating group) is 1. The van der Waals surface area contributed by atoms with E-state index >= 15 is 0 Å². The summed E-state index contributed by atoms with van der Waals surface area (Å²) in [5.74, 6) is 0.929. The predicted molar refractivity (Wildman–Crippen MR) is 103 cm³/mol. The van der Waals surface area contributed by atoms with Gasteiger partial charge in [0.1, 0.15) is 12.6 Å². The van der Waals surface area contributed by atoms with E-state index in [2.05, 4.69) is 5.32 Å². The molecule has 2 unspecified atom stereocenters. The summed E-state index contributed by atoms with van der Waals surface area (Å²) in [4.78, 5) is 27.2. The maximum Gasteiger partial charge on any atom is 0.287 e. The molecule has 1 aliphatic rings. The highest BCUT2D eigenvalue weighted by atomic mass is 16.6. The quantitative estimate of drug-likeness (QED) is 0.791. The van der Waals surface area contributed by atoms with E-state index in [-0.39, 0.29) is 23.7 Å². The number of ether oxygens (including phenoxy) is 2. The van der Waals surface area contributed by atoms with Crippen molar-refractivity contribution in [1.29, 1.82) is 0 Å². The molecule has 7 heteroatoms. The number of nitrogens with one attached hydrogen (secondary N) is 1. The molecular weight excluding hydrogens is 360 g/mol. The van der Waals surface area contributed by atoms with Crippen molar-refractivity contribution in [2.75, 3.05) is 19.7 Å². The van der Waals surface area contributed by atoms with Crippen LogP contribution in [-0.4, -0.2) is 48.6 Å². The van der Waals surface area contributed by atoms with E-state index in [0.717, 1.165) is 0 Å². The molecule has 0 radical (unpaired) electrons. The third kappa shape index (κ3) is 4.47. The molecule has 0 fully saturated rings. The summed E-state index contributed by atoms with van der Waals surface area (Å²) in [6, 6.07) is 10.0. The first kappa shape index (κ1) is 19.8. The molecule has 2 aromatic rings. The third-order valence-corrected chi connectivity index (χ3v) is 4.65. The van der Waals surface area contributed by atoms with E-state index in [1.807, 2.05) is 45.0 Å². The van der Waals surface area contributed by atoms with Gasteiger partial charge in [-0.1, -0.05) is 26.0 Å². The Hall–Kier alpha value is -2.96. The molecule has 7 nitrogen and oxygen atoms in total. The lowest BCUT2D eigenvalue weighted by molar-refractivity contribution is -0.135. The number of hydrogen-bond donors (Lipinski definition) is 1. The van der Waals surface area contributed by atoms with Gasteiger partial charge >= 0.3 is 0 Å². The second kappa shape index (κ2) is 8.82. The van der Waals surface area contributed by atoms with Crippen LogP contribution in [0.1, 0.15) is 31.3 Å². The van der Waals surface area contributed by atoms with E-state index < -0.39 is 11.9 Å². The summed E-state index contributed by atoms with van der Waals surface area (Å²) in [5, 5.41) is 2.79. The van der Waals surface area contributed by atoms with Crippen LogP contribution in [-0.2, 0) is 4.79 Å². The average Bonchev–Trinajstić information content (AvgIpc) is 3.24. The van der Waals surface area contributed by atoms with Gasteiger partial charge in [0.05, 0.1) is 12.8 Å². The Morgan fingerprint density at radius 1 is 1.18 bits per heavy atom. The number of furan rings is 1. The molecule has 2 amide bonds. The lowest BCUT2D eigenvalue weighted by Gasteiger charge is -2.33. The summed E-state index contributed by atoms with van der Waals surface area (Å²) in [6.07, 6.45) is 1.16. The lowest BCUT2D eigenvalue weighted by atomic mass is 10.0. The number of rotatable bonds is 7. The summed E-state index contributed by atoms with van der Waals surface area (Å²) in [6.45, 7) is 6.95. The van der Waals surface area contributed by atoms with Crippen LogP contribution in [0.25, 0.3) is 0 Å². The van der Waals surface area contributed by atoms with Crippen molar-refractivity contribution >= 4 is 11.8 Å². The first-order chi connectivity index (χ1) is 13.5. The molecule has 2 heterocycles. The molecule has 0 aliphatic carbocycles. The molecule has 28 heavy (non-hydrogen) atoms. The molecule has 150 valence electrons. The van der Waals surface area contributed by atoms with E-state index in [1.54, 1.807) is 17.0 Å². The number of carbonyl (C=O) groups excluding carboxylic acids is 2. The smallest absolute Gasteiger partial charge is 0.287 e. The second-order valence-electron chi connectivity index (χ2n) is 7.05. The van der Waals surface area contributed by atoms with Crippen molar-refractivity contribution in [2.24, 2.45) is 5.92 Å². The minimum Gasteiger partial charge on any atom is -0.486 e. The van der Waals surface area contributed by atoms with Gasteiger partial charge in [-0.15, -0.1) is 0 Å². The second-order valence-corrected chi connectivity index (χ2v) is 7.05. The molecule has 0 spiro atoms. The van der Waals surface area contributed by atoms with E-state index in [1.165, 1.54) is 6.26 Å². The SMILES string of the molecule is CCN(CC1COc2ccccc2O1)C(=O)C(NC(=O)c1ccco1)C(C)C. The number of carbonyl (C=O) groups is 2. The van der Waals surface area contributed by atoms with Gasteiger partial charge in [-0.3, -0.25) is 9.59 Å². The number of para-hydroxylation sites is 2. The van der Waals surface area contributed by atoms with E-state index in [9.17, 15) is 9.59 Å². The van der Waals surface area contributed by atoms with Gasteiger partial charge in [0, 0.05) is 6.54 Å². The molecule has 0 bridgehead atoms. The van der Waals surface area contributed by atoms with Crippen LogP contribution in [0.15, 0.2) is 47.1 Å². The first-order valence-electron chi connectivity index (χ1n) is 9.51. The van der Waals surface area contributed by atoms with Crippen LogP contribution in [0.3, 0.4) is 0 Å². The van der Waals surface area contributed by atoms with Crippen LogP contribution in [0.2, 0.25) is 0 Å². The average molecular weight is 386 g/mol. The minimum absolute atomic E-state index is 0.0790. The van der Waals surface area contributed by atoms with Crippen LogP contribution in [0, 0.1) is 5.92 Å². The summed E-state index contributed by atoms with van der Waals surface area (Å²) in [7, 11) is 0. The number of amides is 2. The number of fused-ring (bicyclic) bond motifs is 1. The zero-order valence-corrected chi connectivity index (χ0v) is 16.4. The van der Waals surface area contributed by atoms with Gasteiger partial charge in [-0.05, 0) is 37.1 Å². The van der Waals surface area contributed by atoms with Gasteiger partial charge < -0.3 is 24.1 Å². The molecule has 2 atom stereocenters. The van der Waals surface area contributed by atoms with Crippen molar-refractivity contribution in [2.45, 2.75) is 32.9 Å². The highest BCUT2D eigenvalue weighted by Gasteiger charge is 2.31. The van der Waals surface area contributed by atoms with Crippen molar-refractivity contribution in [1.82, 2.24) is 10.2 Å². The van der Waals surface area contributed by atoms with Crippen molar-refractivity contribution in [3.63, 3.8) is 0 Å². The maximum absolute atomic E-state index is 13.1. The summed E-state index contributed by atoms with van der Waals surface area (Å²) in [5.41, 5.74) is 0. The Bertz CT molecular complexity index is 803. The molecule has 1 aromatic carbocycles. The van der Waals surface area contributed by atoms with Gasteiger partial charge in [-0.2, -0.15) is 0 Å². The molecule has 1 N–H and O–H groups in total. The lowest BCUT2D eigenvalue weighted by Crippen LogP contribution is -2.53. The molecule has 0 saturated heterocycles. The van der Waals surface area contributed by atoms with Crippen LogP contribution in [0.4, 0.5) is 0 Å². The largest absolute Gasteiger partial charge is 0.486 e. The standard InChI is InChI=1S/C21H26N2O5/c1-4-23(12-15-13-27-16-8-5-6-9-17(16)28-15)21(25)19(14(2)3)22-20(24)18-10-7-11-26-18/h5-11,14-15,19H,4,12-13H2,1-3H3,(H,22,24). The van der Waals surface area contributed by atoms with Crippen LogP contribution < -0.4 is 14.8 Å². The van der Waals surface area contributed by atoms with Gasteiger partial charge in [0.2, 0.25) is 5.91 Å². The van der Waals surface area contributed by atoms with Crippen molar-refractivity contribution in [3.8, 4) is 11.5 Å². The Kier molecular flexibility index (Phi) is 6.23. The topological polar surface area (TPSA) is 81.0 Å². The van der Waals surface area contributed by atoms with Gasteiger partial charge in [-0.25, -0.2) is 0 Å². The Morgan fingerprint density at radius 2 is 1.93 bits per heavy atom. The molecule has 1 aliphatic heterocycles. The van der Waals surface area contributed by atoms with Gasteiger partial charge in [0.15, 0.2) is 23.4 Å². The monoisotopic (exact) mass is 386 g/mol. The van der Waals surface area contributed by atoms with E-state index in [0.29, 0.717) is 31.2 Å². The number of benzene rings is 1. The zero-order valence-electron chi connectivity index (χ0n) is 16.4. The van der Waals surface area contributed by atoms with Crippen molar-refractivity contribution < 1.29 is 23.5 Å². The number of hydrogen-bond acceptors (Lipinski definition) is 5. The Labute approximate surface area is 164 Å². The Morgan fingerprint density at radius 3 is 2.57 bits per heavy atom. The van der Waals surface area contributed by atoms with Gasteiger partial charge in [0.25, 0.3) is 5.91 Å². The number of nitrogens with zero attached hydrogens (tertiary/aromatic N) is 1. The highest BCUT2D eigenvalue weighted by Crippen LogP contribution is 2.31.